The second kappa shape index (κ2) is 11.5. The number of ketones is 1. The number of alkyl halides is 3. The molecule has 0 N–H and O–H groups in total. The quantitative estimate of drug-likeness (QED) is 0.205. The molecule has 0 amide bonds. The van der Waals surface area contributed by atoms with Crippen molar-refractivity contribution in [2.24, 2.45) is 0 Å². The largest absolute Gasteiger partial charge is 0.416 e. The molecule has 0 aliphatic rings. The lowest BCUT2D eigenvalue weighted by Gasteiger charge is -2.26. The van der Waals surface area contributed by atoms with Gasteiger partial charge in [-0.1, -0.05) is 58.1 Å². The first-order valence-electron chi connectivity index (χ1n) is 10.4. The van der Waals surface area contributed by atoms with E-state index < -0.39 is 11.7 Å². The van der Waals surface area contributed by atoms with Crippen LogP contribution in [0.4, 0.5) is 24.7 Å². The fraction of sp³-hybridized carbons (Fsp3) is 0.417. The first kappa shape index (κ1) is 23.6. The minimum absolute atomic E-state index is 0.311. The Morgan fingerprint density at radius 3 is 2.43 bits per heavy atom. The third-order valence-electron chi connectivity index (χ3n) is 4.96. The summed E-state index contributed by atoms with van der Waals surface area (Å²) in [4.78, 5) is 18.3. The Balaban J connectivity index is 2.28. The van der Waals surface area contributed by atoms with E-state index in [1.165, 1.54) is 31.4 Å². The van der Waals surface area contributed by atoms with Gasteiger partial charge in [0.1, 0.15) is 5.82 Å². The van der Waals surface area contributed by atoms with Crippen molar-refractivity contribution < 1.29 is 18.0 Å². The van der Waals surface area contributed by atoms with Crippen LogP contribution in [0.15, 0.2) is 55.3 Å². The zero-order chi connectivity index (χ0) is 22.0. The highest BCUT2D eigenvalue weighted by Crippen LogP contribution is 2.34. The number of allylic oxidation sites excluding steroid dienone is 1. The second-order valence-electron chi connectivity index (χ2n) is 7.26. The maximum atomic E-state index is 13.2. The third kappa shape index (κ3) is 6.71. The minimum Gasteiger partial charge on any atom is -0.326 e. The molecule has 0 aliphatic carbocycles. The normalized spacial score (nSPS) is 11.3. The van der Waals surface area contributed by atoms with Gasteiger partial charge in [0.15, 0.2) is 5.78 Å². The van der Waals surface area contributed by atoms with Crippen LogP contribution in [-0.4, -0.2) is 17.3 Å². The molecule has 1 heterocycles. The van der Waals surface area contributed by atoms with Crippen LogP contribution in [-0.2, 0) is 6.18 Å². The summed E-state index contributed by atoms with van der Waals surface area (Å²) in [5, 5.41) is 0. The first-order valence-corrected chi connectivity index (χ1v) is 10.4. The lowest BCUT2D eigenvalue weighted by Crippen LogP contribution is -2.22. The van der Waals surface area contributed by atoms with E-state index in [0.29, 0.717) is 23.6 Å². The molecule has 162 valence electrons. The van der Waals surface area contributed by atoms with Crippen LogP contribution in [0.2, 0.25) is 0 Å². The minimum atomic E-state index is -4.44. The Morgan fingerprint density at radius 2 is 1.77 bits per heavy atom. The predicted octanol–water partition coefficient (Wildman–Crippen LogP) is 7.36. The fourth-order valence-corrected chi connectivity index (χ4v) is 3.35. The number of rotatable bonds is 12. The maximum absolute atomic E-state index is 13.2. The molecule has 0 atom stereocenters. The Morgan fingerprint density at radius 1 is 1.07 bits per heavy atom. The van der Waals surface area contributed by atoms with Crippen LogP contribution >= 0.6 is 0 Å². The monoisotopic (exact) mass is 418 g/mol. The van der Waals surface area contributed by atoms with E-state index in [4.69, 9.17) is 0 Å². The van der Waals surface area contributed by atoms with Gasteiger partial charge in [-0.25, -0.2) is 4.98 Å². The number of halogens is 3. The molecule has 0 fully saturated rings. The number of hydrogen-bond acceptors (Lipinski definition) is 3. The number of aromatic nitrogens is 1. The van der Waals surface area contributed by atoms with E-state index >= 15 is 0 Å². The third-order valence-corrected chi connectivity index (χ3v) is 4.96. The van der Waals surface area contributed by atoms with Gasteiger partial charge in [0, 0.05) is 18.4 Å². The van der Waals surface area contributed by atoms with Gasteiger partial charge in [0.2, 0.25) is 0 Å². The van der Waals surface area contributed by atoms with Crippen molar-refractivity contribution in [1.29, 1.82) is 0 Å². The Kier molecular flexibility index (Phi) is 9.09. The molecule has 0 saturated heterocycles. The van der Waals surface area contributed by atoms with E-state index in [-0.39, 0.29) is 5.78 Å². The lowest BCUT2D eigenvalue weighted by molar-refractivity contribution is -0.137. The number of carbonyl (C=O) groups is 1. The van der Waals surface area contributed by atoms with Crippen molar-refractivity contribution in [2.45, 2.75) is 58.0 Å². The zero-order valence-corrected chi connectivity index (χ0v) is 17.4. The summed E-state index contributed by atoms with van der Waals surface area (Å²) in [5.41, 5.74) is -0.0300. The highest BCUT2D eigenvalue weighted by atomic mass is 19.4. The molecule has 0 bridgehead atoms. The van der Waals surface area contributed by atoms with Crippen LogP contribution < -0.4 is 4.90 Å². The molecule has 0 radical (unpaired) electrons. The smallest absolute Gasteiger partial charge is 0.326 e. The molecule has 1 aromatic carbocycles. The van der Waals surface area contributed by atoms with E-state index in [2.05, 4.69) is 18.5 Å². The van der Waals surface area contributed by atoms with E-state index in [9.17, 15) is 18.0 Å². The highest BCUT2D eigenvalue weighted by Gasteiger charge is 2.31. The average Bonchev–Trinajstić information content (AvgIpc) is 2.75. The van der Waals surface area contributed by atoms with Crippen molar-refractivity contribution in [3.05, 3.63) is 66.4 Å². The number of carbonyl (C=O) groups excluding carboxylic acids is 1. The van der Waals surface area contributed by atoms with Gasteiger partial charge in [-0.3, -0.25) is 4.79 Å². The van der Waals surface area contributed by atoms with Gasteiger partial charge < -0.3 is 4.90 Å². The molecule has 0 spiro atoms. The first-order chi connectivity index (χ1) is 14.4. The van der Waals surface area contributed by atoms with Crippen LogP contribution in [0.25, 0.3) is 0 Å². The SMILES string of the molecule is C=CC(=O)c1cccnc1N(CCCCCCCCC)c1cccc(C(F)(F)F)c1. The Bertz CT molecular complexity index is 833. The molecule has 3 nitrogen and oxygen atoms in total. The molecule has 0 aliphatic heterocycles. The summed E-state index contributed by atoms with van der Waals surface area (Å²) in [7, 11) is 0. The second-order valence-corrected chi connectivity index (χ2v) is 7.26. The summed E-state index contributed by atoms with van der Waals surface area (Å²) in [6.07, 6.45) is 5.89. The van der Waals surface area contributed by atoms with Crippen molar-refractivity contribution in [1.82, 2.24) is 4.98 Å². The number of nitrogens with zero attached hydrogens (tertiary/aromatic N) is 2. The number of unbranched alkanes of at least 4 members (excludes halogenated alkanes) is 6. The van der Waals surface area contributed by atoms with Crippen LogP contribution in [0.5, 0.6) is 0 Å². The maximum Gasteiger partial charge on any atom is 0.416 e. The number of hydrogen-bond donors (Lipinski definition) is 0. The van der Waals surface area contributed by atoms with E-state index in [1.807, 2.05) is 0 Å². The Labute approximate surface area is 176 Å². The number of anilines is 2. The molecule has 0 saturated carbocycles. The summed E-state index contributed by atoms with van der Waals surface area (Å²) in [5.74, 6) is 0.0438. The van der Waals surface area contributed by atoms with Gasteiger partial charge in [-0.15, -0.1) is 0 Å². The standard InChI is InChI=1S/C24H29F3N2O/c1-3-5-6-7-8-9-10-17-29(20-14-11-13-19(18-20)24(25,26)27)23-21(22(30)4-2)15-12-16-28-23/h4,11-16,18H,2-3,5-10,17H2,1H3. The molecular weight excluding hydrogens is 389 g/mol. The molecule has 0 unspecified atom stereocenters. The van der Waals surface area contributed by atoms with Crippen molar-refractivity contribution in [2.75, 3.05) is 11.4 Å². The molecule has 2 rings (SSSR count). The average molecular weight is 419 g/mol. The molecular formula is C24H29F3N2O. The lowest BCUT2D eigenvalue weighted by atomic mass is 10.1. The van der Waals surface area contributed by atoms with Gasteiger partial charge in [0.05, 0.1) is 11.1 Å². The number of benzene rings is 1. The molecule has 1 aromatic heterocycles. The van der Waals surface area contributed by atoms with Gasteiger partial charge in [-0.2, -0.15) is 13.2 Å². The Hall–Kier alpha value is -2.63. The topological polar surface area (TPSA) is 33.2 Å². The van der Waals surface area contributed by atoms with Gasteiger partial charge in [0.25, 0.3) is 0 Å². The van der Waals surface area contributed by atoms with Crippen molar-refractivity contribution in [3.63, 3.8) is 0 Å². The van der Waals surface area contributed by atoms with Gasteiger partial charge in [-0.05, 0) is 42.8 Å². The van der Waals surface area contributed by atoms with Crippen molar-refractivity contribution in [3.8, 4) is 0 Å². The number of pyridine rings is 1. The summed E-state index contributed by atoms with van der Waals surface area (Å²) >= 11 is 0. The van der Waals surface area contributed by atoms with Crippen LogP contribution in [0, 0.1) is 0 Å². The predicted molar refractivity (Wildman–Crippen MR) is 115 cm³/mol. The molecule has 2 aromatic rings. The summed E-state index contributed by atoms with van der Waals surface area (Å²) < 4.78 is 39.7. The molecule has 6 heteroatoms. The zero-order valence-electron chi connectivity index (χ0n) is 17.4. The highest BCUT2D eigenvalue weighted by molar-refractivity contribution is 6.08. The van der Waals surface area contributed by atoms with Crippen LogP contribution in [0.1, 0.15) is 67.8 Å². The fourth-order valence-electron chi connectivity index (χ4n) is 3.35. The molecule has 30 heavy (non-hydrogen) atoms. The van der Waals surface area contributed by atoms with Crippen molar-refractivity contribution >= 4 is 17.3 Å². The van der Waals surface area contributed by atoms with E-state index in [0.717, 1.165) is 37.8 Å². The summed E-state index contributed by atoms with van der Waals surface area (Å²) in [6.45, 7) is 6.17. The summed E-state index contributed by atoms with van der Waals surface area (Å²) in [6, 6.07) is 8.42. The van der Waals surface area contributed by atoms with Crippen LogP contribution in [0.3, 0.4) is 0 Å². The van der Waals surface area contributed by atoms with Gasteiger partial charge >= 0.3 is 6.18 Å². The van der Waals surface area contributed by atoms with E-state index in [1.54, 1.807) is 29.3 Å².